The van der Waals surface area contributed by atoms with Crippen molar-refractivity contribution in [1.82, 2.24) is 15.3 Å². The first-order valence-corrected chi connectivity index (χ1v) is 5.69. The molecular formula is C11H18N4O. The van der Waals surface area contributed by atoms with Crippen LogP contribution in [0, 0.1) is 6.92 Å². The Kier molecular flexibility index (Phi) is 4.07. The Hall–Kier alpha value is -1.20. The molecule has 0 bridgehead atoms. The third kappa shape index (κ3) is 3.43. The second-order valence-corrected chi connectivity index (χ2v) is 4.00. The lowest BCUT2D eigenvalue weighted by Gasteiger charge is -2.23. The van der Waals surface area contributed by atoms with Crippen molar-refractivity contribution in [3.63, 3.8) is 0 Å². The first-order chi connectivity index (χ1) is 7.84. The molecule has 1 fully saturated rings. The molecule has 1 aliphatic rings. The average Bonchev–Trinajstić information content (AvgIpc) is 2.33. The molecule has 5 nitrogen and oxygen atoms in total. The lowest BCUT2D eigenvalue weighted by molar-refractivity contribution is 0.0258. The van der Waals surface area contributed by atoms with Gasteiger partial charge in [0.15, 0.2) is 0 Å². The number of ether oxygens (including phenoxy) is 1. The molecule has 1 aliphatic heterocycles. The van der Waals surface area contributed by atoms with Crippen molar-refractivity contribution in [2.45, 2.75) is 19.4 Å². The van der Waals surface area contributed by atoms with Crippen LogP contribution >= 0.6 is 0 Å². The summed E-state index contributed by atoms with van der Waals surface area (Å²) in [6.07, 6.45) is 4.92. The van der Waals surface area contributed by atoms with E-state index in [1.807, 2.05) is 19.3 Å². The Balaban J connectivity index is 1.69. The van der Waals surface area contributed by atoms with Gasteiger partial charge in [-0.05, 0) is 18.9 Å². The van der Waals surface area contributed by atoms with E-state index in [2.05, 4.69) is 20.6 Å². The smallest absolute Gasteiger partial charge is 0.222 e. The van der Waals surface area contributed by atoms with Gasteiger partial charge in [-0.3, -0.25) is 0 Å². The van der Waals surface area contributed by atoms with Gasteiger partial charge in [0.05, 0.1) is 12.7 Å². The minimum atomic E-state index is 0.312. The molecular weight excluding hydrogens is 204 g/mol. The Bertz CT molecular complexity index is 308. The van der Waals surface area contributed by atoms with Crippen LogP contribution in [0.25, 0.3) is 0 Å². The number of aryl methyl sites for hydroxylation is 1. The highest BCUT2D eigenvalue weighted by Gasteiger charge is 2.12. The summed E-state index contributed by atoms with van der Waals surface area (Å²) in [5.41, 5.74) is 1.07. The average molecular weight is 222 g/mol. The summed E-state index contributed by atoms with van der Waals surface area (Å²) in [6.45, 7) is 5.54. The molecule has 0 saturated carbocycles. The maximum atomic E-state index is 5.59. The summed E-state index contributed by atoms with van der Waals surface area (Å²) < 4.78 is 5.59. The Morgan fingerprint density at radius 1 is 1.50 bits per heavy atom. The summed E-state index contributed by atoms with van der Waals surface area (Å²) >= 11 is 0. The van der Waals surface area contributed by atoms with Gasteiger partial charge in [-0.25, -0.2) is 9.97 Å². The van der Waals surface area contributed by atoms with Gasteiger partial charge in [0.25, 0.3) is 0 Å². The van der Waals surface area contributed by atoms with Gasteiger partial charge in [0.2, 0.25) is 5.95 Å². The zero-order chi connectivity index (χ0) is 11.2. The van der Waals surface area contributed by atoms with Crippen LogP contribution in [-0.2, 0) is 4.74 Å². The van der Waals surface area contributed by atoms with Crippen molar-refractivity contribution < 1.29 is 4.74 Å². The van der Waals surface area contributed by atoms with Gasteiger partial charge in [-0.15, -0.1) is 0 Å². The molecule has 0 amide bonds. The van der Waals surface area contributed by atoms with Crippen molar-refractivity contribution in [2.24, 2.45) is 0 Å². The normalized spacial score (nSPS) is 20.7. The Labute approximate surface area is 95.6 Å². The first kappa shape index (κ1) is 11.3. The summed E-state index contributed by atoms with van der Waals surface area (Å²) in [7, 11) is 0. The van der Waals surface area contributed by atoms with E-state index in [1.165, 1.54) is 0 Å². The zero-order valence-electron chi connectivity index (χ0n) is 9.57. The molecule has 88 valence electrons. The van der Waals surface area contributed by atoms with Gasteiger partial charge in [-0.2, -0.15) is 0 Å². The Morgan fingerprint density at radius 2 is 2.31 bits per heavy atom. The van der Waals surface area contributed by atoms with Crippen LogP contribution in [0.2, 0.25) is 0 Å². The van der Waals surface area contributed by atoms with Crippen LogP contribution in [0.5, 0.6) is 0 Å². The minimum Gasteiger partial charge on any atom is -0.376 e. The maximum absolute atomic E-state index is 5.59. The molecule has 2 heterocycles. The van der Waals surface area contributed by atoms with Crippen LogP contribution in [0.15, 0.2) is 12.4 Å². The van der Waals surface area contributed by atoms with Gasteiger partial charge >= 0.3 is 0 Å². The van der Waals surface area contributed by atoms with E-state index in [0.29, 0.717) is 12.1 Å². The maximum Gasteiger partial charge on any atom is 0.222 e. The number of nitrogens with one attached hydrogen (secondary N) is 2. The highest BCUT2D eigenvalue weighted by molar-refractivity contribution is 5.23. The van der Waals surface area contributed by atoms with E-state index in [0.717, 1.165) is 38.2 Å². The topological polar surface area (TPSA) is 59.1 Å². The molecule has 1 aromatic heterocycles. The minimum absolute atomic E-state index is 0.312. The molecule has 2 N–H and O–H groups in total. The van der Waals surface area contributed by atoms with Crippen molar-refractivity contribution in [3.05, 3.63) is 18.0 Å². The third-order valence-corrected chi connectivity index (χ3v) is 2.53. The number of hydrogen-bond donors (Lipinski definition) is 2. The number of aromatic nitrogens is 2. The third-order valence-electron chi connectivity index (χ3n) is 2.53. The summed E-state index contributed by atoms with van der Waals surface area (Å²) in [5, 5.41) is 6.50. The monoisotopic (exact) mass is 222 g/mol. The quantitative estimate of drug-likeness (QED) is 0.780. The lowest BCUT2D eigenvalue weighted by Crippen LogP contribution is -2.39. The van der Waals surface area contributed by atoms with Crippen LogP contribution in [0.3, 0.4) is 0 Å². The standard InChI is InChI=1S/C11H18N4O/c1-9-6-14-11(15-7-9)13-3-2-10-8-12-4-5-16-10/h6-7,10,12H,2-5,8H2,1H3,(H,13,14,15). The highest BCUT2D eigenvalue weighted by atomic mass is 16.5. The Morgan fingerprint density at radius 3 is 3.00 bits per heavy atom. The fraction of sp³-hybridized carbons (Fsp3) is 0.636. The zero-order valence-corrected chi connectivity index (χ0v) is 9.57. The van der Waals surface area contributed by atoms with E-state index >= 15 is 0 Å². The van der Waals surface area contributed by atoms with Gasteiger partial charge in [-0.1, -0.05) is 0 Å². The van der Waals surface area contributed by atoms with Gasteiger partial charge in [0, 0.05) is 32.0 Å². The molecule has 0 aliphatic carbocycles. The fourth-order valence-electron chi connectivity index (χ4n) is 1.63. The first-order valence-electron chi connectivity index (χ1n) is 5.69. The predicted molar refractivity (Wildman–Crippen MR) is 62.5 cm³/mol. The molecule has 1 atom stereocenters. The number of anilines is 1. The number of rotatable bonds is 4. The molecule has 1 aromatic rings. The summed E-state index contributed by atoms with van der Waals surface area (Å²) in [6, 6.07) is 0. The molecule has 0 aromatic carbocycles. The van der Waals surface area contributed by atoms with E-state index < -0.39 is 0 Å². The number of nitrogens with zero attached hydrogens (tertiary/aromatic N) is 2. The number of morpholine rings is 1. The van der Waals surface area contributed by atoms with E-state index in [4.69, 9.17) is 4.74 Å². The van der Waals surface area contributed by atoms with Crippen molar-refractivity contribution in [3.8, 4) is 0 Å². The fourth-order valence-corrected chi connectivity index (χ4v) is 1.63. The van der Waals surface area contributed by atoms with Crippen molar-refractivity contribution in [1.29, 1.82) is 0 Å². The van der Waals surface area contributed by atoms with Gasteiger partial charge < -0.3 is 15.4 Å². The number of hydrogen-bond acceptors (Lipinski definition) is 5. The van der Waals surface area contributed by atoms with Crippen LogP contribution in [0.1, 0.15) is 12.0 Å². The molecule has 0 spiro atoms. The van der Waals surface area contributed by atoms with Gasteiger partial charge in [0.1, 0.15) is 0 Å². The summed E-state index contributed by atoms with van der Waals surface area (Å²) in [4.78, 5) is 8.36. The molecule has 1 unspecified atom stereocenters. The molecule has 1 saturated heterocycles. The second-order valence-electron chi connectivity index (χ2n) is 4.00. The predicted octanol–water partition coefficient (Wildman–Crippen LogP) is 0.575. The van der Waals surface area contributed by atoms with Crippen LogP contribution < -0.4 is 10.6 Å². The van der Waals surface area contributed by atoms with Crippen molar-refractivity contribution in [2.75, 3.05) is 31.6 Å². The van der Waals surface area contributed by atoms with E-state index in [-0.39, 0.29) is 0 Å². The second kappa shape index (κ2) is 5.77. The molecule has 0 radical (unpaired) electrons. The van der Waals surface area contributed by atoms with Crippen molar-refractivity contribution >= 4 is 5.95 Å². The highest BCUT2D eigenvalue weighted by Crippen LogP contribution is 2.03. The SMILES string of the molecule is Cc1cnc(NCCC2CNCCO2)nc1. The largest absolute Gasteiger partial charge is 0.376 e. The molecule has 2 rings (SSSR count). The summed E-state index contributed by atoms with van der Waals surface area (Å²) in [5.74, 6) is 0.689. The van der Waals surface area contributed by atoms with E-state index in [9.17, 15) is 0 Å². The lowest BCUT2D eigenvalue weighted by atomic mass is 10.2. The molecule has 5 heteroatoms. The van der Waals surface area contributed by atoms with Crippen LogP contribution in [-0.4, -0.2) is 42.3 Å². The molecule has 16 heavy (non-hydrogen) atoms. The van der Waals surface area contributed by atoms with E-state index in [1.54, 1.807) is 0 Å². The van der Waals surface area contributed by atoms with Crippen LogP contribution in [0.4, 0.5) is 5.95 Å².